The van der Waals surface area contributed by atoms with Crippen LogP contribution in [0.3, 0.4) is 0 Å². The minimum absolute atomic E-state index is 0.251. The Hall–Kier alpha value is -2.44. The van der Waals surface area contributed by atoms with Crippen LogP contribution in [0.15, 0.2) is 66.7 Å². The summed E-state index contributed by atoms with van der Waals surface area (Å²) in [5.74, 6) is 1.27. The minimum Gasteiger partial charge on any atom is -0.508 e. The number of rotatable bonds is 5. The number of thiocyanates is 1. The third kappa shape index (κ3) is 3.85. The molecule has 3 heteroatoms. The molecular weight excluding hydrogens is 302 g/mol. The fourth-order valence-electron chi connectivity index (χ4n) is 2.81. The summed E-state index contributed by atoms with van der Waals surface area (Å²) in [5, 5.41) is 23.0. The van der Waals surface area contributed by atoms with Crippen molar-refractivity contribution in [3.8, 4) is 11.2 Å². The first-order valence-electron chi connectivity index (χ1n) is 7.54. The summed E-state index contributed by atoms with van der Waals surface area (Å²) < 4.78 is 0. The molecule has 0 aliphatic carbocycles. The number of hydrogen-bond donors (Lipinski definition) is 1. The monoisotopic (exact) mass is 319 g/mol. The van der Waals surface area contributed by atoms with Crippen molar-refractivity contribution in [2.75, 3.05) is 5.75 Å². The molecule has 3 aromatic carbocycles. The summed E-state index contributed by atoms with van der Waals surface area (Å²) in [4.78, 5) is 0. The summed E-state index contributed by atoms with van der Waals surface area (Å²) in [7, 11) is 0. The van der Waals surface area contributed by atoms with Gasteiger partial charge in [-0.2, -0.15) is 5.26 Å². The normalized spacial score (nSPS) is 12.0. The molecule has 0 aromatic heterocycles. The lowest BCUT2D eigenvalue weighted by atomic mass is 9.92. The lowest BCUT2D eigenvalue weighted by Crippen LogP contribution is -2.06. The van der Waals surface area contributed by atoms with Crippen molar-refractivity contribution in [3.05, 3.63) is 77.9 Å². The van der Waals surface area contributed by atoms with Crippen LogP contribution in [-0.2, 0) is 6.42 Å². The van der Waals surface area contributed by atoms with Gasteiger partial charge in [-0.25, -0.2) is 0 Å². The molecule has 0 aliphatic heterocycles. The molecular formula is C20H17NOS. The molecule has 0 saturated carbocycles. The van der Waals surface area contributed by atoms with Crippen molar-refractivity contribution in [1.82, 2.24) is 0 Å². The van der Waals surface area contributed by atoms with Crippen molar-refractivity contribution >= 4 is 22.5 Å². The maximum atomic E-state index is 9.47. The third-order valence-electron chi connectivity index (χ3n) is 4.01. The smallest absolute Gasteiger partial charge is 0.133 e. The van der Waals surface area contributed by atoms with Gasteiger partial charge in [0.05, 0.1) is 0 Å². The fourth-order valence-corrected chi connectivity index (χ4v) is 3.39. The molecule has 3 aromatic rings. The Bertz CT molecular complexity index is 836. The van der Waals surface area contributed by atoms with Gasteiger partial charge in [-0.05, 0) is 58.1 Å². The van der Waals surface area contributed by atoms with Crippen LogP contribution in [0.2, 0.25) is 0 Å². The van der Waals surface area contributed by atoms with Crippen LogP contribution in [0, 0.1) is 10.7 Å². The van der Waals surface area contributed by atoms with Crippen molar-refractivity contribution < 1.29 is 5.11 Å². The quantitative estimate of drug-likeness (QED) is 0.666. The van der Waals surface area contributed by atoms with Crippen molar-refractivity contribution in [2.45, 2.75) is 12.3 Å². The molecule has 3 rings (SSSR count). The largest absolute Gasteiger partial charge is 0.508 e. The summed E-state index contributed by atoms with van der Waals surface area (Å²) in [5.41, 5.74) is 2.42. The van der Waals surface area contributed by atoms with E-state index in [1.807, 2.05) is 18.2 Å². The highest BCUT2D eigenvalue weighted by Crippen LogP contribution is 2.27. The van der Waals surface area contributed by atoms with E-state index in [9.17, 15) is 5.11 Å². The average molecular weight is 319 g/mol. The van der Waals surface area contributed by atoms with E-state index < -0.39 is 0 Å². The van der Waals surface area contributed by atoms with Gasteiger partial charge < -0.3 is 5.11 Å². The van der Waals surface area contributed by atoms with Crippen LogP contribution in [0.4, 0.5) is 0 Å². The molecule has 0 spiro atoms. The predicted octanol–water partition coefficient (Wildman–Crippen LogP) is 5.09. The van der Waals surface area contributed by atoms with Crippen LogP contribution < -0.4 is 0 Å². The Kier molecular flexibility index (Phi) is 4.85. The number of nitriles is 1. The lowest BCUT2D eigenvalue weighted by Gasteiger charge is -2.16. The highest BCUT2D eigenvalue weighted by molar-refractivity contribution is 8.03. The van der Waals surface area contributed by atoms with E-state index in [1.165, 1.54) is 28.1 Å². The van der Waals surface area contributed by atoms with Crippen LogP contribution in [0.5, 0.6) is 5.75 Å². The maximum Gasteiger partial charge on any atom is 0.133 e. The number of fused-ring (bicyclic) bond motifs is 1. The van der Waals surface area contributed by atoms with Crippen molar-refractivity contribution in [1.29, 1.82) is 5.26 Å². The molecule has 0 amide bonds. The Morgan fingerprint density at radius 3 is 2.43 bits per heavy atom. The van der Waals surface area contributed by atoms with Gasteiger partial charge in [0.15, 0.2) is 0 Å². The molecule has 2 nitrogen and oxygen atoms in total. The zero-order valence-corrected chi connectivity index (χ0v) is 13.5. The van der Waals surface area contributed by atoms with Gasteiger partial charge in [0.1, 0.15) is 11.2 Å². The Labute approximate surface area is 140 Å². The molecule has 0 aliphatic rings. The maximum absolute atomic E-state index is 9.47. The molecule has 0 saturated heterocycles. The molecule has 23 heavy (non-hydrogen) atoms. The van der Waals surface area contributed by atoms with E-state index in [1.54, 1.807) is 12.1 Å². The molecule has 0 radical (unpaired) electrons. The van der Waals surface area contributed by atoms with Crippen molar-refractivity contribution in [3.63, 3.8) is 0 Å². The number of phenolic OH excluding ortho intramolecular Hbond substituents is 1. The second-order valence-electron chi connectivity index (χ2n) is 5.58. The van der Waals surface area contributed by atoms with Crippen LogP contribution in [-0.4, -0.2) is 10.9 Å². The summed E-state index contributed by atoms with van der Waals surface area (Å²) in [6, 6.07) is 22.2. The Morgan fingerprint density at radius 2 is 1.70 bits per heavy atom. The molecule has 0 heterocycles. The summed E-state index contributed by atoms with van der Waals surface area (Å²) in [6.45, 7) is 0. The number of benzene rings is 3. The zero-order valence-electron chi connectivity index (χ0n) is 12.6. The van der Waals surface area contributed by atoms with Gasteiger partial charge in [0.2, 0.25) is 0 Å². The highest BCUT2D eigenvalue weighted by Gasteiger charge is 2.13. The number of hydrogen-bond acceptors (Lipinski definition) is 3. The summed E-state index contributed by atoms with van der Waals surface area (Å²) >= 11 is 1.28. The van der Waals surface area contributed by atoms with E-state index in [4.69, 9.17) is 5.26 Å². The third-order valence-corrected chi connectivity index (χ3v) is 4.71. The fraction of sp³-hybridized carbons (Fsp3) is 0.150. The van der Waals surface area contributed by atoms with E-state index in [0.717, 1.165) is 17.7 Å². The number of nitrogens with zero attached hydrogens (tertiary/aromatic N) is 1. The van der Waals surface area contributed by atoms with E-state index in [0.29, 0.717) is 0 Å². The van der Waals surface area contributed by atoms with Crippen LogP contribution >= 0.6 is 11.8 Å². The molecule has 114 valence electrons. The van der Waals surface area contributed by atoms with Gasteiger partial charge in [0.25, 0.3) is 0 Å². The first kappa shape index (κ1) is 15.5. The standard InChI is InChI=1S/C20H17NOS/c21-14-23-13-19(17-7-9-20(22)10-8-17)12-15-5-6-16-3-1-2-4-18(16)11-15/h1-11,19,22H,12-13H2/t19-/m1/s1. The van der Waals surface area contributed by atoms with Crippen LogP contribution in [0.25, 0.3) is 10.8 Å². The number of phenols is 1. The summed E-state index contributed by atoms with van der Waals surface area (Å²) in [6.07, 6.45) is 0.879. The van der Waals surface area contributed by atoms with E-state index in [-0.39, 0.29) is 11.7 Å². The topological polar surface area (TPSA) is 44.0 Å². The van der Waals surface area contributed by atoms with E-state index >= 15 is 0 Å². The molecule has 0 unspecified atom stereocenters. The van der Waals surface area contributed by atoms with Crippen LogP contribution in [0.1, 0.15) is 17.0 Å². The second-order valence-corrected chi connectivity index (χ2v) is 6.38. The molecule has 1 atom stereocenters. The molecule has 1 N–H and O–H groups in total. The van der Waals surface area contributed by atoms with Crippen molar-refractivity contribution in [2.24, 2.45) is 0 Å². The minimum atomic E-state index is 0.251. The second kappa shape index (κ2) is 7.21. The highest BCUT2D eigenvalue weighted by atomic mass is 32.2. The van der Waals surface area contributed by atoms with Gasteiger partial charge in [-0.15, -0.1) is 0 Å². The van der Waals surface area contributed by atoms with Gasteiger partial charge in [-0.3, -0.25) is 0 Å². The SMILES string of the molecule is N#CSC[C@@H](Cc1ccc2ccccc2c1)c1ccc(O)cc1. The zero-order chi connectivity index (χ0) is 16.1. The van der Waals surface area contributed by atoms with Gasteiger partial charge in [0, 0.05) is 5.75 Å². The van der Waals surface area contributed by atoms with Gasteiger partial charge in [-0.1, -0.05) is 54.6 Å². The number of thioether (sulfide) groups is 1. The Balaban J connectivity index is 1.87. The first-order chi connectivity index (χ1) is 11.3. The molecule has 0 bridgehead atoms. The number of aromatic hydroxyl groups is 1. The average Bonchev–Trinajstić information content (AvgIpc) is 2.59. The predicted molar refractivity (Wildman–Crippen MR) is 96.6 cm³/mol. The Morgan fingerprint density at radius 1 is 0.957 bits per heavy atom. The lowest BCUT2D eigenvalue weighted by molar-refractivity contribution is 0.475. The first-order valence-corrected chi connectivity index (χ1v) is 8.52. The van der Waals surface area contributed by atoms with Gasteiger partial charge >= 0.3 is 0 Å². The van der Waals surface area contributed by atoms with E-state index in [2.05, 4.69) is 41.8 Å². The molecule has 0 fully saturated rings.